The highest BCUT2D eigenvalue weighted by Gasteiger charge is 2.34. The number of nitrogens with one attached hydrogen (secondary N) is 3. The molecule has 0 saturated carbocycles. The van der Waals surface area contributed by atoms with Crippen LogP contribution in [0.25, 0.3) is 10.9 Å². The largest absolute Gasteiger partial charge is 0.361 e. The predicted molar refractivity (Wildman–Crippen MR) is 111 cm³/mol. The number of anilines is 1. The Labute approximate surface area is 172 Å². The number of aromatic nitrogens is 1. The quantitative estimate of drug-likeness (QED) is 0.546. The van der Waals surface area contributed by atoms with Crippen molar-refractivity contribution in [2.75, 3.05) is 24.5 Å². The van der Waals surface area contributed by atoms with Crippen LogP contribution in [0.2, 0.25) is 0 Å². The fourth-order valence-electron chi connectivity index (χ4n) is 3.64. The number of hydrogen-bond donors (Lipinski definition) is 3. The fourth-order valence-corrected chi connectivity index (χ4v) is 3.64. The summed E-state index contributed by atoms with van der Waals surface area (Å²) in [5.41, 5.74) is 2.02. The molecule has 2 heterocycles. The predicted octanol–water partition coefficient (Wildman–Crippen LogP) is 2.21. The lowest BCUT2D eigenvalue weighted by Crippen LogP contribution is -2.38. The number of hydrogen-bond acceptors (Lipinski definition) is 3. The Morgan fingerprint density at radius 3 is 2.63 bits per heavy atom. The maximum absolute atomic E-state index is 13.1. The third-order valence-electron chi connectivity index (χ3n) is 5.18. The van der Waals surface area contributed by atoms with Crippen molar-refractivity contribution in [3.63, 3.8) is 0 Å². The second kappa shape index (κ2) is 8.36. The van der Waals surface area contributed by atoms with Crippen LogP contribution < -0.4 is 15.5 Å². The summed E-state index contributed by atoms with van der Waals surface area (Å²) >= 11 is 0. The summed E-state index contributed by atoms with van der Waals surface area (Å²) in [5.74, 6) is -1.49. The maximum atomic E-state index is 13.1. The van der Waals surface area contributed by atoms with Gasteiger partial charge in [0, 0.05) is 54.4 Å². The van der Waals surface area contributed by atoms with Crippen LogP contribution in [0.4, 0.5) is 10.1 Å². The van der Waals surface area contributed by atoms with Crippen molar-refractivity contribution >= 4 is 34.3 Å². The van der Waals surface area contributed by atoms with Gasteiger partial charge in [0.1, 0.15) is 5.82 Å². The van der Waals surface area contributed by atoms with E-state index in [9.17, 15) is 18.8 Å². The van der Waals surface area contributed by atoms with E-state index in [1.165, 1.54) is 29.2 Å². The number of carbonyl (C=O) groups is 3. The number of fused-ring (bicyclic) bond motifs is 1. The molecule has 4 rings (SSSR count). The first kappa shape index (κ1) is 19.6. The standard InChI is InChI=1S/C22H21FN4O3/c23-15-4-6-16(7-5-15)27-13-14(12-20(27)28)21(29)25-10-11-26-22(30)18-2-1-3-19-17(18)8-9-24-19/h1-9,14,24H,10-13H2,(H,25,29)(H,26,30)/t14-/m0/s1. The van der Waals surface area contributed by atoms with Gasteiger partial charge < -0.3 is 20.5 Å². The molecule has 8 heteroatoms. The van der Waals surface area contributed by atoms with Gasteiger partial charge in [-0.1, -0.05) is 6.07 Å². The van der Waals surface area contributed by atoms with Gasteiger partial charge in [0.2, 0.25) is 11.8 Å². The van der Waals surface area contributed by atoms with E-state index in [1.807, 2.05) is 12.1 Å². The average Bonchev–Trinajstić information content (AvgIpc) is 3.38. The summed E-state index contributed by atoms with van der Waals surface area (Å²) in [4.78, 5) is 41.6. The first-order valence-corrected chi connectivity index (χ1v) is 9.71. The third-order valence-corrected chi connectivity index (χ3v) is 5.18. The van der Waals surface area contributed by atoms with Crippen LogP contribution in [-0.2, 0) is 9.59 Å². The molecule has 3 amide bonds. The first-order valence-electron chi connectivity index (χ1n) is 9.71. The molecule has 1 fully saturated rings. The van der Waals surface area contributed by atoms with Crippen LogP contribution >= 0.6 is 0 Å². The zero-order valence-corrected chi connectivity index (χ0v) is 16.2. The van der Waals surface area contributed by atoms with E-state index in [2.05, 4.69) is 15.6 Å². The molecular weight excluding hydrogens is 387 g/mol. The van der Waals surface area contributed by atoms with Crippen LogP contribution in [0.15, 0.2) is 54.7 Å². The van der Waals surface area contributed by atoms with Gasteiger partial charge in [-0.25, -0.2) is 4.39 Å². The molecule has 1 aliphatic heterocycles. The van der Waals surface area contributed by atoms with E-state index in [0.717, 1.165) is 10.9 Å². The van der Waals surface area contributed by atoms with Crippen molar-refractivity contribution < 1.29 is 18.8 Å². The Morgan fingerprint density at radius 1 is 1.07 bits per heavy atom. The minimum Gasteiger partial charge on any atom is -0.361 e. The first-order chi connectivity index (χ1) is 14.5. The highest BCUT2D eigenvalue weighted by Crippen LogP contribution is 2.25. The third kappa shape index (κ3) is 4.03. The number of rotatable bonds is 6. The number of halogens is 1. The SMILES string of the molecule is O=C(NCCNC(=O)[C@H]1CC(=O)N(c2ccc(F)cc2)C1)c1cccc2[nH]ccc12. The molecule has 1 aliphatic rings. The molecule has 0 radical (unpaired) electrons. The van der Waals surface area contributed by atoms with Gasteiger partial charge >= 0.3 is 0 Å². The Bertz CT molecular complexity index is 1090. The number of H-pyrrole nitrogens is 1. The maximum Gasteiger partial charge on any atom is 0.252 e. The summed E-state index contributed by atoms with van der Waals surface area (Å²) in [6.45, 7) is 0.779. The monoisotopic (exact) mass is 408 g/mol. The zero-order chi connectivity index (χ0) is 21.1. The molecule has 7 nitrogen and oxygen atoms in total. The van der Waals surface area contributed by atoms with Crippen molar-refractivity contribution in [3.05, 3.63) is 66.1 Å². The molecule has 1 aromatic heterocycles. The van der Waals surface area contributed by atoms with Crippen molar-refractivity contribution in [1.82, 2.24) is 15.6 Å². The summed E-state index contributed by atoms with van der Waals surface area (Å²) in [5, 5.41) is 6.40. The normalized spacial score (nSPS) is 16.1. The number of nitrogens with zero attached hydrogens (tertiary/aromatic N) is 1. The molecule has 1 saturated heterocycles. The highest BCUT2D eigenvalue weighted by molar-refractivity contribution is 6.06. The van der Waals surface area contributed by atoms with Crippen LogP contribution in [-0.4, -0.2) is 42.3 Å². The van der Waals surface area contributed by atoms with Crippen LogP contribution in [0.3, 0.4) is 0 Å². The van der Waals surface area contributed by atoms with E-state index in [0.29, 0.717) is 11.3 Å². The van der Waals surface area contributed by atoms with Crippen molar-refractivity contribution in [2.24, 2.45) is 5.92 Å². The molecule has 3 aromatic rings. The number of amides is 3. The smallest absolute Gasteiger partial charge is 0.252 e. The van der Waals surface area contributed by atoms with E-state index < -0.39 is 5.92 Å². The summed E-state index contributed by atoms with van der Waals surface area (Å²) in [7, 11) is 0. The second-order valence-corrected chi connectivity index (χ2v) is 7.17. The molecule has 1 atom stereocenters. The van der Waals surface area contributed by atoms with Crippen LogP contribution in [0.5, 0.6) is 0 Å². The topological polar surface area (TPSA) is 94.3 Å². The number of benzene rings is 2. The van der Waals surface area contributed by atoms with E-state index in [4.69, 9.17) is 0 Å². The fraction of sp³-hybridized carbons (Fsp3) is 0.227. The lowest BCUT2D eigenvalue weighted by atomic mass is 10.1. The summed E-state index contributed by atoms with van der Waals surface area (Å²) in [6.07, 6.45) is 1.88. The van der Waals surface area contributed by atoms with E-state index in [1.54, 1.807) is 18.3 Å². The lowest BCUT2D eigenvalue weighted by Gasteiger charge is -2.16. The van der Waals surface area contributed by atoms with Crippen LogP contribution in [0.1, 0.15) is 16.8 Å². The molecule has 154 valence electrons. The minimum absolute atomic E-state index is 0.102. The Balaban J connectivity index is 1.26. The van der Waals surface area contributed by atoms with Crippen LogP contribution in [0, 0.1) is 11.7 Å². The van der Waals surface area contributed by atoms with Gasteiger partial charge in [-0.15, -0.1) is 0 Å². The zero-order valence-electron chi connectivity index (χ0n) is 16.2. The Morgan fingerprint density at radius 2 is 1.83 bits per heavy atom. The molecule has 3 N–H and O–H groups in total. The molecule has 0 spiro atoms. The van der Waals surface area contributed by atoms with Crippen molar-refractivity contribution in [3.8, 4) is 0 Å². The van der Waals surface area contributed by atoms with Gasteiger partial charge in [-0.2, -0.15) is 0 Å². The molecular formula is C22H21FN4O3. The number of aromatic amines is 1. The van der Waals surface area contributed by atoms with Crippen molar-refractivity contribution in [2.45, 2.75) is 6.42 Å². The average molecular weight is 408 g/mol. The summed E-state index contributed by atoms with van der Waals surface area (Å²) in [6, 6.07) is 12.9. The molecule has 0 aliphatic carbocycles. The van der Waals surface area contributed by atoms with E-state index >= 15 is 0 Å². The number of carbonyl (C=O) groups excluding carboxylic acids is 3. The lowest BCUT2D eigenvalue weighted by molar-refractivity contribution is -0.126. The van der Waals surface area contributed by atoms with Gasteiger partial charge in [0.05, 0.1) is 5.92 Å². The summed E-state index contributed by atoms with van der Waals surface area (Å²) < 4.78 is 13.1. The molecule has 2 aromatic carbocycles. The van der Waals surface area contributed by atoms with Gasteiger partial charge in [-0.05, 0) is 42.5 Å². The van der Waals surface area contributed by atoms with Gasteiger partial charge in [-0.3, -0.25) is 14.4 Å². The second-order valence-electron chi connectivity index (χ2n) is 7.17. The molecule has 0 bridgehead atoms. The Kier molecular flexibility index (Phi) is 5.47. The highest BCUT2D eigenvalue weighted by atomic mass is 19.1. The van der Waals surface area contributed by atoms with Gasteiger partial charge in [0.25, 0.3) is 5.91 Å². The molecule has 30 heavy (non-hydrogen) atoms. The minimum atomic E-state index is -0.480. The molecule has 0 unspecified atom stereocenters. The van der Waals surface area contributed by atoms with Gasteiger partial charge in [0.15, 0.2) is 0 Å². The Hall–Kier alpha value is -3.68. The van der Waals surface area contributed by atoms with E-state index in [-0.39, 0.29) is 49.6 Å². The van der Waals surface area contributed by atoms with Crippen molar-refractivity contribution in [1.29, 1.82) is 0 Å².